The van der Waals surface area contributed by atoms with Crippen LogP contribution in [-0.2, 0) is 19.5 Å². The lowest BCUT2D eigenvalue weighted by atomic mass is 10.0. The molecule has 4 rings (SSSR count). The van der Waals surface area contributed by atoms with Crippen molar-refractivity contribution in [3.63, 3.8) is 0 Å². The fourth-order valence-electron chi connectivity index (χ4n) is 3.49. The molecule has 7 heteroatoms. The van der Waals surface area contributed by atoms with E-state index in [0.717, 1.165) is 41.9 Å². The zero-order valence-corrected chi connectivity index (χ0v) is 15.9. The third kappa shape index (κ3) is 3.61. The lowest BCUT2D eigenvalue weighted by molar-refractivity contribution is 0.234. The number of aromatic hydroxyl groups is 1. The molecule has 1 N–H and O–H groups in total. The van der Waals surface area contributed by atoms with Gasteiger partial charge in [-0.15, -0.1) is 0 Å². The van der Waals surface area contributed by atoms with Gasteiger partial charge in [-0.1, -0.05) is 0 Å². The second-order valence-electron chi connectivity index (χ2n) is 6.70. The molecule has 28 heavy (non-hydrogen) atoms. The highest BCUT2D eigenvalue weighted by atomic mass is 16.5. The highest BCUT2D eigenvalue weighted by molar-refractivity contribution is 5.53. The van der Waals surface area contributed by atoms with Gasteiger partial charge in [0, 0.05) is 67.9 Å². The molecule has 0 spiro atoms. The molecule has 0 atom stereocenters. The van der Waals surface area contributed by atoms with Crippen LogP contribution in [0, 0.1) is 0 Å². The molecule has 0 radical (unpaired) electrons. The zero-order chi connectivity index (χ0) is 19.5. The van der Waals surface area contributed by atoms with Crippen LogP contribution in [-0.4, -0.2) is 45.7 Å². The monoisotopic (exact) mass is 378 g/mol. The molecule has 0 bridgehead atoms. The number of rotatable bonds is 5. The summed E-state index contributed by atoms with van der Waals surface area (Å²) < 4.78 is 10.9. The van der Waals surface area contributed by atoms with E-state index in [1.807, 2.05) is 18.3 Å². The summed E-state index contributed by atoms with van der Waals surface area (Å²) in [7, 11) is 3.19. The van der Waals surface area contributed by atoms with E-state index in [2.05, 4.69) is 14.9 Å². The van der Waals surface area contributed by atoms with Gasteiger partial charge in [-0.3, -0.25) is 9.88 Å². The van der Waals surface area contributed by atoms with Crippen molar-refractivity contribution in [3.05, 3.63) is 59.7 Å². The minimum Gasteiger partial charge on any atom is -0.508 e. The lowest BCUT2D eigenvalue weighted by Gasteiger charge is -2.29. The van der Waals surface area contributed by atoms with Crippen LogP contribution in [0.2, 0.25) is 0 Å². The summed E-state index contributed by atoms with van der Waals surface area (Å²) in [6.07, 6.45) is 6.27. The number of fused-ring (bicyclic) bond motifs is 1. The highest BCUT2D eigenvalue weighted by Gasteiger charge is 2.22. The van der Waals surface area contributed by atoms with Crippen LogP contribution in [0.15, 0.2) is 42.9 Å². The number of hydrogen-bond acceptors (Lipinski definition) is 7. The largest absolute Gasteiger partial charge is 0.508 e. The second kappa shape index (κ2) is 7.82. The molecule has 0 amide bonds. The topological polar surface area (TPSA) is 80.6 Å². The van der Waals surface area contributed by atoms with Crippen molar-refractivity contribution in [2.45, 2.75) is 19.5 Å². The summed E-state index contributed by atoms with van der Waals surface area (Å²) in [4.78, 5) is 15.7. The van der Waals surface area contributed by atoms with Gasteiger partial charge in [-0.05, 0) is 12.1 Å². The Morgan fingerprint density at radius 2 is 1.93 bits per heavy atom. The number of pyridine rings is 1. The van der Waals surface area contributed by atoms with Gasteiger partial charge in [-0.2, -0.15) is 0 Å². The van der Waals surface area contributed by atoms with Crippen molar-refractivity contribution in [1.29, 1.82) is 0 Å². The molecule has 3 heterocycles. The van der Waals surface area contributed by atoms with Crippen LogP contribution < -0.4 is 9.47 Å². The first-order chi connectivity index (χ1) is 13.7. The number of benzene rings is 1. The molecule has 7 nitrogen and oxygen atoms in total. The average molecular weight is 378 g/mol. The zero-order valence-electron chi connectivity index (χ0n) is 15.9. The van der Waals surface area contributed by atoms with Crippen LogP contribution in [0.5, 0.6) is 17.2 Å². The SMILES string of the molecule is COc1cc(O)cc(OC)c1CN1CCc2nc(-c3cccnc3)ncc2C1. The summed E-state index contributed by atoms with van der Waals surface area (Å²) in [6.45, 7) is 2.26. The van der Waals surface area contributed by atoms with Crippen molar-refractivity contribution < 1.29 is 14.6 Å². The van der Waals surface area contributed by atoms with Gasteiger partial charge in [0.05, 0.1) is 25.5 Å². The molecule has 1 aromatic carbocycles. The maximum atomic E-state index is 9.84. The standard InChI is InChI=1S/C21H22N4O3/c1-27-19-8-16(26)9-20(28-2)17(19)13-25-7-5-18-15(12-25)11-23-21(24-18)14-4-3-6-22-10-14/h3-4,6,8-11,26H,5,7,12-13H2,1-2H3. The summed E-state index contributed by atoms with van der Waals surface area (Å²) in [5.74, 6) is 2.07. The molecule has 2 aromatic heterocycles. The molecule has 1 aliphatic rings. The van der Waals surface area contributed by atoms with Gasteiger partial charge in [0.25, 0.3) is 0 Å². The maximum absolute atomic E-state index is 9.84. The first-order valence-electron chi connectivity index (χ1n) is 9.09. The molecule has 3 aromatic rings. The number of methoxy groups -OCH3 is 2. The third-order valence-corrected chi connectivity index (χ3v) is 4.91. The molecule has 0 unspecified atom stereocenters. The van der Waals surface area contributed by atoms with Crippen LogP contribution >= 0.6 is 0 Å². The van der Waals surface area contributed by atoms with E-state index in [1.165, 1.54) is 0 Å². The van der Waals surface area contributed by atoms with Crippen molar-refractivity contribution in [3.8, 4) is 28.6 Å². The molecule has 0 aliphatic carbocycles. The number of phenols is 1. The predicted molar refractivity (Wildman–Crippen MR) is 104 cm³/mol. The second-order valence-corrected chi connectivity index (χ2v) is 6.70. The van der Waals surface area contributed by atoms with Gasteiger partial charge < -0.3 is 14.6 Å². The maximum Gasteiger partial charge on any atom is 0.160 e. The minimum atomic E-state index is 0.123. The van der Waals surface area contributed by atoms with Gasteiger partial charge in [0.2, 0.25) is 0 Å². The summed E-state index contributed by atoms with van der Waals surface area (Å²) in [6, 6.07) is 7.07. The van der Waals surface area contributed by atoms with E-state index in [9.17, 15) is 5.11 Å². The molecule has 1 aliphatic heterocycles. The highest BCUT2D eigenvalue weighted by Crippen LogP contribution is 2.35. The molecular weight excluding hydrogens is 356 g/mol. The number of ether oxygens (including phenoxy) is 2. The molecular formula is C21H22N4O3. The summed E-state index contributed by atoms with van der Waals surface area (Å²) in [5.41, 5.74) is 4.04. The Hall–Kier alpha value is -3.19. The Balaban J connectivity index is 1.56. The van der Waals surface area contributed by atoms with Gasteiger partial charge >= 0.3 is 0 Å². The van der Waals surface area contributed by atoms with Crippen LogP contribution in [0.4, 0.5) is 0 Å². The average Bonchev–Trinajstić information content (AvgIpc) is 2.74. The quantitative estimate of drug-likeness (QED) is 0.731. The Labute approximate surface area is 163 Å². The summed E-state index contributed by atoms with van der Waals surface area (Å²) >= 11 is 0. The molecule has 0 fully saturated rings. The van der Waals surface area contributed by atoms with E-state index < -0.39 is 0 Å². The fourth-order valence-corrected chi connectivity index (χ4v) is 3.49. The fraction of sp³-hybridized carbons (Fsp3) is 0.286. The van der Waals surface area contributed by atoms with Crippen molar-refractivity contribution >= 4 is 0 Å². The predicted octanol–water partition coefficient (Wildman–Crippen LogP) is 2.82. The van der Waals surface area contributed by atoms with Gasteiger partial charge in [0.1, 0.15) is 17.2 Å². The van der Waals surface area contributed by atoms with Crippen LogP contribution in [0.25, 0.3) is 11.4 Å². The Morgan fingerprint density at radius 3 is 2.61 bits per heavy atom. The van der Waals surface area contributed by atoms with Gasteiger partial charge in [-0.25, -0.2) is 9.97 Å². The first-order valence-corrected chi connectivity index (χ1v) is 9.09. The Bertz CT molecular complexity index is 954. The van der Waals surface area contributed by atoms with E-state index in [4.69, 9.17) is 14.5 Å². The number of phenolic OH excluding ortho intramolecular Hbond substituents is 1. The normalized spacial score (nSPS) is 13.8. The lowest BCUT2D eigenvalue weighted by Crippen LogP contribution is -2.31. The van der Waals surface area contributed by atoms with E-state index in [1.54, 1.807) is 38.7 Å². The molecule has 0 saturated carbocycles. The Kier molecular flexibility index (Phi) is 5.08. The van der Waals surface area contributed by atoms with Crippen molar-refractivity contribution in [2.75, 3.05) is 20.8 Å². The van der Waals surface area contributed by atoms with Crippen LogP contribution in [0.3, 0.4) is 0 Å². The minimum absolute atomic E-state index is 0.123. The molecule has 0 saturated heterocycles. The van der Waals surface area contributed by atoms with E-state index >= 15 is 0 Å². The first kappa shape index (κ1) is 18.2. The van der Waals surface area contributed by atoms with E-state index in [0.29, 0.717) is 23.9 Å². The number of aromatic nitrogens is 3. The Morgan fingerprint density at radius 1 is 1.14 bits per heavy atom. The smallest absolute Gasteiger partial charge is 0.160 e. The number of nitrogens with zero attached hydrogens (tertiary/aromatic N) is 4. The van der Waals surface area contributed by atoms with Crippen LogP contribution in [0.1, 0.15) is 16.8 Å². The van der Waals surface area contributed by atoms with E-state index in [-0.39, 0.29) is 5.75 Å². The number of hydrogen-bond donors (Lipinski definition) is 1. The van der Waals surface area contributed by atoms with Gasteiger partial charge in [0.15, 0.2) is 5.82 Å². The van der Waals surface area contributed by atoms with Crippen molar-refractivity contribution in [2.24, 2.45) is 0 Å². The third-order valence-electron chi connectivity index (χ3n) is 4.91. The molecule has 144 valence electrons. The van der Waals surface area contributed by atoms with Crippen molar-refractivity contribution in [1.82, 2.24) is 19.9 Å². The summed E-state index contributed by atoms with van der Waals surface area (Å²) in [5, 5.41) is 9.84.